The molecule has 1 saturated heterocycles. The molecule has 4 rings (SSSR count). The maximum absolute atomic E-state index is 13.6. The number of sulfone groups is 1. The lowest BCUT2D eigenvalue weighted by Gasteiger charge is -2.45. The Kier molecular flexibility index (Phi) is 9.05. The molecule has 0 spiro atoms. The van der Waals surface area contributed by atoms with Crippen LogP contribution in [0.4, 0.5) is 0 Å². The van der Waals surface area contributed by atoms with Gasteiger partial charge in [0.2, 0.25) is 11.7 Å². The summed E-state index contributed by atoms with van der Waals surface area (Å²) in [6.45, 7) is 11.3. The predicted octanol–water partition coefficient (Wildman–Crippen LogP) is 2.29. The van der Waals surface area contributed by atoms with Gasteiger partial charge in [0.05, 0.1) is 11.0 Å². The van der Waals surface area contributed by atoms with Crippen molar-refractivity contribution in [3.8, 4) is 11.4 Å². The molecule has 1 aromatic carbocycles. The number of amides is 2. The lowest BCUT2D eigenvalue weighted by molar-refractivity contribution is -0.133. The van der Waals surface area contributed by atoms with Crippen LogP contribution < -0.4 is 5.32 Å². The van der Waals surface area contributed by atoms with Gasteiger partial charge in [-0.25, -0.2) is 8.42 Å². The Labute approximate surface area is 231 Å². The second-order valence-electron chi connectivity index (χ2n) is 11.3. The fourth-order valence-electron chi connectivity index (χ4n) is 6.14. The molecular formula is C27H41N7O4S. The molecule has 11 nitrogen and oxygen atoms in total. The minimum atomic E-state index is -3.29. The van der Waals surface area contributed by atoms with Crippen LogP contribution in [0.2, 0.25) is 0 Å². The number of benzene rings is 1. The summed E-state index contributed by atoms with van der Waals surface area (Å²) in [6.07, 6.45) is 2.90. The predicted molar refractivity (Wildman–Crippen MR) is 149 cm³/mol. The quantitative estimate of drug-likeness (QED) is 0.452. The zero-order chi connectivity index (χ0) is 28.3. The summed E-state index contributed by atoms with van der Waals surface area (Å²) in [7, 11) is -3.29. The van der Waals surface area contributed by atoms with Crippen molar-refractivity contribution < 1.29 is 18.0 Å². The van der Waals surface area contributed by atoms with Crippen molar-refractivity contribution in [2.24, 2.45) is 5.92 Å². The van der Waals surface area contributed by atoms with E-state index in [1.807, 2.05) is 4.90 Å². The second-order valence-corrected chi connectivity index (χ2v) is 13.9. The average Bonchev–Trinajstić information content (AvgIpc) is 3.55. The van der Waals surface area contributed by atoms with Gasteiger partial charge in [0.25, 0.3) is 5.91 Å². The van der Waals surface area contributed by atoms with Gasteiger partial charge >= 0.3 is 0 Å². The molecule has 1 saturated carbocycles. The zero-order valence-corrected chi connectivity index (χ0v) is 24.3. The number of carbonyl (C=O) groups is 2. The van der Waals surface area contributed by atoms with E-state index in [2.05, 4.69) is 51.6 Å². The van der Waals surface area contributed by atoms with Crippen LogP contribution in [0.25, 0.3) is 11.4 Å². The summed E-state index contributed by atoms with van der Waals surface area (Å²) < 4.78 is 26.0. The maximum atomic E-state index is 13.6. The summed E-state index contributed by atoms with van der Waals surface area (Å²) in [5.41, 5.74) is 1.04. The maximum Gasteiger partial charge on any atom is 0.251 e. The van der Waals surface area contributed by atoms with Gasteiger partial charge in [-0.3, -0.25) is 14.5 Å². The van der Waals surface area contributed by atoms with E-state index in [0.717, 1.165) is 25.8 Å². The Morgan fingerprint density at radius 1 is 1.21 bits per heavy atom. The summed E-state index contributed by atoms with van der Waals surface area (Å²) in [5, 5.41) is 16.3. The smallest absolute Gasteiger partial charge is 0.251 e. The topological polar surface area (TPSA) is 141 Å². The molecule has 1 aliphatic heterocycles. The Morgan fingerprint density at radius 3 is 2.62 bits per heavy atom. The monoisotopic (exact) mass is 559 g/mol. The Hall–Kier alpha value is -2.86. The molecule has 0 radical (unpaired) electrons. The highest BCUT2D eigenvalue weighted by Crippen LogP contribution is 2.35. The normalized spacial score (nSPS) is 24.2. The van der Waals surface area contributed by atoms with Crippen LogP contribution in [0.1, 0.15) is 70.7 Å². The lowest BCUT2D eigenvalue weighted by Crippen LogP contribution is -2.54. The van der Waals surface area contributed by atoms with E-state index in [4.69, 9.17) is 0 Å². The fourth-order valence-corrected chi connectivity index (χ4v) is 7.48. The zero-order valence-electron chi connectivity index (χ0n) is 23.5. The van der Waals surface area contributed by atoms with E-state index in [1.165, 1.54) is 0 Å². The minimum absolute atomic E-state index is 0.0746. The lowest BCUT2D eigenvalue weighted by atomic mass is 9.80. The summed E-state index contributed by atoms with van der Waals surface area (Å²) in [4.78, 5) is 30.9. The number of rotatable bonds is 10. The molecule has 2 N–H and O–H groups in total. The van der Waals surface area contributed by atoms with E-state index in [9.17, 15) is 18.0 Å². The van der Waals surface area contributed by atoms with Gasteiger partial charge in [0, 0.05) is 35.8 Å². The number of nitrogens with zero attached hydrogens (tertiary/aromatic N) is 5. The van der Waals surface area contributed by atoms with Crippen LogP contribution >= 0.6 is 0 Å². The third kappa shape index (κ3) is 6.49. The molecule has 2 fully saturated rings. The van der Waals surface area contributed by atoms with E-state index in [-0.39, 0.29) is 29.5 Å². The molecule has 2 aliphatic rings. The number of carbonyl (C=O) groups excluding carboxylic acids is 2. The SMILES string of the molecule is CCN(C(C)C)[C@@H]1CC[C@H](N2CC[C@H](NC(=O)c3cccc(-c4nn[nH]n4)c3)C2=O)[C@H](CS(=O)(=O)C(C)C)C1. The van der Waals surface area contributed by atoms with Gasteiger partial charge in [0.15, 0.2) is 9.84 Å². The van der Waals surface area contributed by atoms with Gasteiger partial charge in [-0.2, -0.15) is 5.21 Å². The van der Waals surface area contributed by atoms with Crippen molar-refractivity contribution in [3.05, 3.63) is 29.8 Å². The van der Waals surface area contributed by atoms with Crippen LogP contribution in [0, 0.1) is 5.92 Å². The summed E-state index contributed by atoms with van der Waals surface area (Å²) in [5.74, 6) is -0.174. The van der Waals surface area contributed by atoms with Crippen LogP contribution in [0.3, 0.4) is 0 Å². The first-order chi connectivity index (χ1) is 18.5. The number of likely N-dealkylation sites (tertiary alicyclic amines) is 1. The van der Waals surface area contributed by atoms with Crippen molar-refractivity contribution in [1.29, 1.82) is 0 Å². The van der Waals surface area contributed by atoms with Crippen molar-refractivity contribution in [3.63, 3.8) is 0 Å². The third-order valence-corrected chi connectivity index (χ3v) is 10.6. The van der Waals surface area contributed by atoms with Crippen molar-refractivity contribution >= 4 is 21.7 Å². The number of hydrogen-bond acceptors (Lipinski definition) is 8. The third-order valence-electron chi connectivity index (χ3n) is 8.25. The fraction of sp³-hybridized carbons (Fsp3) is 0.667. The number of aromatic nitrogens is 4. The first-order valence-electron chi connectivity index (χ1n) is 13.9. The molecule has 39 heavy (non-hydrogen) atoms. The van der Waals surface area contributed by atoms with Crippen LogP contribution in [-0.4, -0.2) is 98.9 Å². The first kappa shape index (κ1) is 29.1. The average molecular weight is 560 g/mol. The number of H-pyrrole nitrogens is 1. The van der Waals surface area contributed by atoms with E-state index >= 15 is 0 Å². The van der Waals surface area contributed by atoms with Gasteiger partial charge in [0.1, 0.15) is 6.04 Å². The summed E-state index contributed by atoms with van der Waals surface area (Å²) in [6, 6.07) is 6.72. The number of hydrogen-bond donors (Lipinski definition) is 2. The van der Waals surface area contributed by atoms with E-state index in [0.29, 0.717) is 42.0 Å². The van der Waals surface area contributed by atoms with Gasteiger partial charge in [-0.05, 0) is 83.2 Å². The molecular weight excluding hydrogens is 518 g/mol. The Morgan fingerprint density at radius 2 is 1.97 bits per heavy atom. The largest absolute Gasteiger partial charge is 0.340 e. The number of tetrazole rings is 1. The molecule has 214 valence electrons. The van der Waals surface area contributed by atoms with Crippen LogP contribution in [0.15, 0.2) is 24.3 Å². The highest BCUT2D eigenvalue weighted by molar-refractivity contribution is 7.91. The number of aromatic amines is 1. The van der Waals surface area contributed by atoms with Gasteiger partial charge < -0.3 is 10.2 Å². The molecule has 2 aromatic rings. The second kappa shape index (κ2) is 12.1. The van der Waals surface area contributed by atoms with E-state index in [1.54, 1.807) is 38.1 Å². The summed E-state index contributed by atoms with van der Waals surface area (Å²) >= 11 is 0. The number of nitrogens with one attached hydrogen (secondary N) is 2. The Bertz CT molecular complexity index is 1250. The molecule has 1 aliphatic carbocycles. The Balaban J connectivity index is 1.48. The first-order valence-corrected chi connectivity index (χ1v) is 15.7. The van der Waals surface area contributed by atoms with Crippen LogP contribution in [0.5, 0.6) is 0 Å². The van der Waals surface area contributed by atoms with Crippen molar-refractivity contribution in [2.75, 3.05) is 18.8 Å². The van der Waals surface area contributed by atoms with Crippen molar-refractivity contribution in [2.45, 2.75) is 89.7 Å². The molecule has 0 bridgehead atoms. The highest BCUT2D eigenvalue weighted by atomic mass is 32.2. The van der Waals surface area contributed by atoms with Crippen LogP contribution in [-0.2, 0) is 14.6 Å². The highest BCUT2D eigenvalue weighted by Gasteiger charge is 2.44. The van der Waals surface area contributed by atoms with E-state index < -0.39 is 21.1 Å². The molecule has 0 unspecified atom stereocenters. The van der Waals surface area contributed by atoms with Gasteiger partial charge in [-0.1, -0.05) is 19.1 Å². The minimum Gasteiger partial charge on any atom is -0.340 e. The molecule has 2 heterocycles. The molecule has 12 heteroatoms. The van der Waals surface area contributed by atoms with Gasteiger partial charge in [-0.15, -0.1) is 10.2 Å². The van der Waals surface area contributed by atoms with Crippen molar-refractivity contribution in [1.82, 2.24) is 35.7 Å². The standard InChI is InChI=1S/C27H41N7O4S/c1-6-33(17(2)3)22-10-11-24(21(15-22)16-39(37,38)18(4)5)34-13-12-23(27(34)36)28-26(35)20-9-7-8-19(14-20)25-29-31-32-30-25/h7-9,14,17-18,21-24H,6,10-13,15-16H2,1-5H3,(H,28,35)(H,29,30,31,32)/t21-,22+,23-,24-/m0/s1. The molecule has 1 aromatic heterocycles. The molecule has 2 amide bonds. The molecule has 4 atom stereocenters.